The molecule has 0 atom stereocenters. The Kier molecular flexibility index (Phi) is 4.29. The summed E-state index contributed by atoms with van der Waals surface area (Å²) in [7, 11) is 1.32. The smallest absolute Gasteiger partial charge is 0.273 e. The third-order valence-electron chi connectivity index (χ3n) is 2.52. The van der Waals surface area contributed by atoms with Gasteiger partial charge in [0.05, 0.1) is 23.7 Å². The number of carbonyl (C=O) groups is 1. The Bertz CT molecular complexity index is 707. The number of nitro groups is 1. The van der Waals surface area contributed by atoms with Gasteiger partial charge in [-0.05, 0) is 6.07 Å². The number of methoxy groups -OCH3 is 1. The van der Waals surface area contributed by atoms with Gasteiger partial charge in [-0.15, -0.1) is 0 Å². The fourth-order valence-corrected chi connectivity index (χ4v) is 1.71. The Morgan fingerprint density at radius 3 is 2.76 bits per heavy atom. The molecule has 2 rings (SSSR count). The fourth-order valence-electron chi connectivity index (χ4n) is 1.57. The number of hydrogen-bond donors (Lipinski definition) is 1. The number of nitro benzene ring substituents is 1. The molecule has 9 heteroatoms. The van der Waals surface area contributed by atoms with E-state index < -0.39 is 10.8 Å². The summed E-state index contributed by atoms with van der Waals surface area (Å²) in [6, 6.07) is 5.05. The number of benzene rings is 1. The number of ether oxygens (including phenoxy) is 1. The minimum atomic E-state index is -0.575. The molecular weight excluding hydrogens is 300 g/mol. The number of carbonyl (C=O) groups excluding carboxylic acids is 1. The highest BCUT2D eigenvalue weighted by Gasteiger charge is 2.17. The number of amides is 1. The molecule has 0 fully saturated rings. The molecule has 0 spiro atoms. The lowest BCUT2D eigenvalue weighted by molar-refractivity contribution is -0.384. The van der Waals surface area contributed by atoms with Gasteiger partial charge in [0.2, 0.25) is 0 Å². The third kappa shape index (κ3) is 3.42. The number of nitrogens with one attached hydrogen (secondary N) is 1. The first-order valence-electron chi connectivity index (χ1n) is 5.62. The van der Waals surface area contributed by atoms with Gasteiger partial charge in [0.15, 0.2) is 0 Å². The molecule has 108 valence electrons. The summed E-state index contributed by atoms with van der Waals surface area (Å²) in [4.78, 5) is 29.8. The number of rotatable bonds is 4. The number of anilines is 1. The van der Waals surface area contributed by atoms with Gasteiger partial charge in [-0.3, -0.25) is 14.9 Å². The van der Waals surface area contributed by atoms with Crippen LogP contribution in [0.5, 0.6) is 5.75 Å². The first-order chi connectivity index (χ1) is 10.0. The first kappa shape index (κ1) is 14.7. The Morgan fingerprint density at radius 2 is 2.14 bits per heavy atom. The average molecular weight is 309 g/mol. The summed E-state index contributed by atoms with van der Waals surface area (Å²) in [6.45, 7) is 0. The van der Waals surface area contributed by atoms with Crippen molar-refractivity contribution in [3.63, 3.8) is 0 Å². The van der Waals surface area contributed by atoms with Crippen molar-refractivity contribution in [3.05, 3.63) is 51.4 Å². The summed E-state index contributed by atoms with van der Waals surface area (Å²) in [5, 5.41) is 13.4. The van der Waals surface area contributed by atoms with E-state index in [0.29, 0.717) is 0 Å². The van der Waals surface area contributed by atoms with E-state index in [9.17, 15) is 14.9 Å². The van der Waals surface area contributed by atoms with Crippen LogP contribution in [0.15, 0.2) is 30.6 Å². The van der Waals surface area contributed by atoms with Crippen molar-refractivity contribution >= 4 is 29.0 Å². The van der Waals surface area contributed by atoms with Crippen LogP contribution in [0.4, 0.5) is 11.5 Å². The lowest BCUT2D eigenvalue weighted by Gasteiger charge is -2.08. The highest BCUT2D eigenvalue weighted by molar-refractivity contribution is 6.29. The second-order valence-corrected chi connectivity index (χ2v) is 4.21. The maximum atomic E-state index is 12.1. The van der Waals surface area contributed by atoms with E-state index in [-0.39, 0.29) is 28.0 Å². The molecule has 1 aromatic heterocycles. The molecule has 1 heterocycles. The lowest BCUT2D eigenvalue weighted by Crippen LogP contribution is -2.14. The van der Waals surface area contributed by atoms with Crippen molar-refractivity contribution in [2.24, 2.45) is 0 Å². The van der Waals surface area contributed by atoms with Gasteiger partial charge in [-0.25, -0.2) is 9.97 Å². The van der Waals surface area contributed by atoms with Crippen molar-refractivity contribution < 1.29 is 14.5 Å². The zero-order valence-electron chi connectivity index (χ0n) is 10.7. The van der Waals surface area contributed by atoms with E-state index in [1.165, 1.54) is 37.7 Å². The van der Waals surface area contributed by atoms with Crippen LogP contribution in [0.2, 0.25) is 5.15 Å². The monoisotopic (exact) mass is 308 g/mol. The number of hydrogen-bond acceptors (Lipinski definition) is 6. The lowest BCUT2D eigenvalue weighted by atomic mass is 10.1. The second kappa shape index (κ2) is 6.14. The summed E-state index contributed by atoms with van der Waals surface area (Å²) >= 11 is 5.69. The van der Waals surface area contributed by atoms with Crippen molar-refractivity contribution in [1.29, 1.82) is 0 Å². The molecule has 1 amide bonds. The maximum absolute atomic E-state index is 12.1. The molecule has 0 bridgehead atoms. The van der Waals surface area contributed by atoms with E-state index in [0.717, 1.165) is 0 Å². The summed E-state index contributed by atoms with van der Waals surface area (Å²) in [5.74, 6) is -0.237. The molecule has 2 aromatic rings. The first-order valence-corrected chi connectivity index (χ1v) is 6.00. The fraction of sp³-hybridized carbons (Fsp3) is 0.0833. The van der Waals surface area contributed by atoms with Gasteiger partial charge in [0, 0.05) is 12.1 Å². The number of halogens is 1. The van der Waals surface area contributed by atoms with Crippen LogP contribution >= 0.6 is 11.6 Å². The quantitative estimate of drug-likeness (QED) is 0.527. The Hall–Kier alpha value is -2.74. The number of non-ortho nitro benzene ring substituents is 1. The van der Waals surface area contributed by atoms with Crippen molar-refractivity contribution in [1.82, 2.24) is 9.97 Å². The maximum Gasteiger partial charge on any atom is 0.273 e. The van der Waals surface area contributed by atoms with E-state index in [1.807, 2.05) is 0 Å². The normalized spacial score (nSPS) is 10.0. The minimum Gasteiger partial charge on any atom is -0.496 e. The highest BCUT2D eigenvalue weighted by atomic mass is 35.5. The van der Waals surface area contributed by atoms with Crippen LogP contribution in [-0.4, -0.2) is 27.9 Å². The van der Waals surface area contributed by atoms with Crippen LogP contribution in [0, 0.1) is 10.1 Å². The largest absolute Gasteiger partial charge is 0.496 e. The summed E-state index contributed by atoms with van der Waals surface area (Å²) in [5.41, 5.74) is -0.0358. The van der Waals surface area contributed by atoms with Crippen LogP contribution in [0.1, 0.15) is 10.4 Å². The Labute approximate surface area is 123 Å². The number of nitrogens with zero attached hydrogens (tertiary/aromatic N) is 3. The third-order valence-corrected chi connectivity index (χ3v) is 2.72. The minimum absolute atomic E-state index is 0.0850. The van der Waals surface area contributed by atoms with E-state index >= 15 is 0 Å². The molecule has 21 heavy (non-hydrogen) atoms. The van der Waals surface area contributed by atoms with Crippen LogP contribution in [0.3, 0.4) is 0 Å². The zero-order chi connectivity index (χ0) is 15.4. The molecular formula is C12H9ClN4O4. The van der Waals surface area contributed by atoms with E-state index in [4.69, 9.17) is 16.3 Å². The van der Waals surface area contributed by atoms with Gasteiger partial charge in [-0.2, -0.15) is 0 Å². The van der Waals surface area contributed by atoms with E-state index in [1.54, 1.807) is 0 Å². The second-order valence-electron chi connectivity index (χ2n) is 3.82. The van der Waals surface area contributed by atoms with Gasteiger partial charge in [0.25, 0.3) is 11.6 Å². The molecule has 8 nitrogen and oxygen atoms in total. The standard InChI is InChI=1S/C12H9ClN4O4/c1-21-9-4-7(17(19)20)2-3-8(9)12(18)16-11-5-10(13)14-6-15-11/h2-6H,1H3,(H,14,15,16,18). The van der Waals surface area contributed by atoms with Crippen LogP contribution < -0.4 is 10.1 Å². The predicted octanol–water partition coefficient (Wildman–Crippen LogP) is 2.30. The summed E-state index contributed by atoms with van der Waals surface area (Å²) in [6.07, 6.45) is 1.20. The number of aromatic nitrogens is 2. The van der Waals surface area contributed by atoms with Gasteiger partial charge < -0.3 is 10.1 Å². The zero-order valence-corrected chi connectivity index (χ0v) is 11.5. The van der Waals surface area contributed by atoms with Gasteiger partial charge >= 0.3 is 0 Å². The van der Waals surface area contributed by atoms with Crippen LogP contribution in [-0.2, 0) is 0 Å². The Morgan fingerprint density at radius 1 is 1.38 bits per heavy atom. The molecule has 0 radical (unpaired) electrons. The van der Waals surface area contributed by atoms with Crippen molar-refractivity contribution in [2.45, 2.75) is 0 Å². The molecule has 0 unspecified atom stereocenters. The van der Waals surface area contributed by atoms with Gasteiger partial charge in [-0.1, -0.05) is 11.6 Å². The van der Waals surface area contributed by atoms with Crippen LogP contribution in [0.25, 0.3) is 0 Å². The van der Waals surface area contributed by atoms with E-state index in [2.05, 4.69) is 15.3 Å². The molecule has 1 aromatic carbocycles. The topological polar surface area (TPSA) is 107 Å². The molecule has 0 aliphatic rings. The summed E-state index contributed by atoms with van der Waals surface area (Å²) < 4.78 is 4.99. The molecule has 0 aliphatic heterocycles. The Balaban J connectivity index is 2.28. The molecule has 0 aliphatic carbocycles. The van der Waals surface area contributed by atoms with Gasteiger partial charge in [0.1, 0.15) is 23.0 Å². The predicted molar refractivity (Wildman–Crippen MR) is 74.6 cm³/mol. The van der Waals surface area contributed by atoms with Crippen molar-refractivity contribution in [2.75, 3.05) is 12.4 Å². The van der Waals surface area contributed by atoms with Crippen molar-refractivity contribution in [3.8, 4) is 5.75 Å². The average Bonchev–Trinajstić information content (AvgIpc) is 2.46. The SMILES string of the molecule is COc1cc([N+](=O)[O-])ccc1C(=O)Nc1cc(Cl)ncn1. The molecule has 0 saturated heterocycles. The molecule has 0 saturated carbocycles. The highest BCUT2D eigenvalue weighted by Crippen LogP contribution is 2.25. The molecule has 1 N–H and O–H groups in total.